The molecule has 1 aromatic carbocycles. The van der Waals surface area contributed by atoms with E-state index in [1.807, 2.05) is 36.3 Å². The Morgan fingerprint density at radius 3 is 2.71 bits per heavy atom. The normalized spacial score (nSPS) is 20.4. The summed E-state index contributed by atoms with van der Waals surface area (Å²) in [4.78, 5) is 6.60. The fourth-order valence-corrected chi connectivity index (χ4v) is 5.49. The highest BCUT2D eigenvalue weighted by atomic mass is 32.2. The fourth-order valence-electron chi connectivity index (χ4n) is 4.62. The first-order valence-electron chi connectivity index (χ1n) is 10.7. The zero-order valence-corrected chi connectivity index (χ0v) is 19.0. The minimum Gasteiger partial charge on any atom is -0.364 e. The van der Waals surface area contributed by atoms with E-state index in [-0.39, 0.29) is 6.04 Å². The number of aryl methyl sites for hydroxylation is 1. The van der Waals surface area contributed by atoms with Gasteiger partial charge in [0.2, 0.25) is 10.0 Å². The van der Waals surface area contributed by atoms with Crippen LogP contribution < -0.4 is 10.2 Å². The predicted molar refractivity (Wildman–Crippen MR) is 120 cm³/mol. The number of sulfonamides is 1. The Kier molecular flexibility index (Phi) is 6.32. The number of nitrogens with one attached hydrogen (secondary N) is 1. The molecular formula is C22H30N6O2S. The standard InChI is InChI=1S/C22H30N6O2S/c1-26-16-24-13-21(26)15-27-14-20(10-19-9-18(11-23)3-4-22(19)27)25-12-17-5-7-28(8-6-17)31(2,29)30/h3-4,9,13,16-17,20,25H,5-8,10,12,14-15H2,1-2H3. The van der Waals surface area contributed by atoms with Crippen LogP contribution in [0.1, 0.15) is 29.7 Å². The summed E-state index contributed by atoms with van der Waals surface area (Å²) < 4.78 is 27.1. The molecule has 2 aromatic rings. The van der Waals surface area contributed by atoms with Crippen molar-refractivity contribution in [2.24, 2.45) is 13.0 Å². The van der Waals surface area contributed by atoms with E-state index < -0.39 is 10.0 Å². The van der Waals surface area contributed by atoms with Crippen molar-refractivity contribution in [1.82, 2.24) is 19.2 Å². The summed E-state index contributed by atoms with van der Waals surface area (Å²) in [7, 11) is -1.08. The second kappa shape index (κ2) is 8.99. The number of nitriles is 1. The Labute approximate surface area is 184 Å². The first-order valence-corrected chi connectivity index (χ1v) is 12.6. The number of nitrogens with zero attached hydrogens (tertiary/aromatic N) is 5. The van der Waals surface area contributed by atoms with Gasteiger partial charge < -0.3 is 14.8 Å². The number of imidazole rings is 1. The summed E-state index contributed by atoms with van der Waals surface area (Å²) >= 11 is 0. The third-order valence-corrected chi connectivity index (χ3v) is 7.77. The smallest absolute Gasteiger partial charge is 0.211 e. The van der Waals surface area contributed by atoms with Gasteiger partial charge in [0.05, 0.1) is 36.5 Å². The van der Waals surface area contributed by atoms with Crippen LogP contribution in [0.25, 0.3) is 0 Å². The second-order valence-electron chi connectivity index (χ2n) is 8.75. The zero-order valence-electron chi connectivity index (χ0n) is 18.2. The van der Waals surface area contributed by atoms with Gasteiger partial charge in [0.15, 0.2) is 0 Å². The molecular weight excluding hydrogens is 412 g/mol. The maximum absolute atomic E-state index is 11.7. The number of benzene rings is 1. The topological polar surface area (TPSA) is 94.3 Å². The molecule has 8 nitrogen and oxygen atoms in total. The van der Waals surface area contributed by atoms with Crippen LogP contribution in [-0.4, -0.2) is 60.8 Å². The van der Waals surface area contributed by atoms with Crippen LogP contribution in [0.5, 0.6) is 0 Å². The van der Waals surface area contributed by atoms with Crippen molar-refractivity contribution in [1.29, 1.82) is 5.26 Å². The molecule has 1 unspecified atom stereocenters. The lowest BCUT2D eigenvalue weighted by molar-refractivity contribution is 0.261. The molecule has 1 aromatic heterocycles. The molecule has 0 aliphatic carbocycles. The summed E-state index contributed by atoms with van der Waals surface area (Å²) in [6.45, 7) is 3.75. The first-order chi connectivity index (χ1) is 14.8. The van der Waals surface area contributed by atoms with Crippen LogP contribution in [0.15, 0.2) is 30.7 Å². The van der Waals surface area contributed by atoms with Crippen LogP contribution in [0.4, 0.5) is 5.69 Å². The van der Waals surface area contributed by atoms with Crippen molar-refractivity contribution in [2.75, 3.05) is 37.3 Å². The van der Waals surface area contributed by atoms with Crippen molar-refractivity contribution in [2.45, 2.75) is 31.8 Å². The largest absolute Gasteiger partial charge is 0.364 e. The molecule has 166 valence electrons. The van der Waals surface area contributed by atoms with E-state index in [1.54, 1.807) is 4.31 Å². The fraction of sp³-hybridized carbons (Fsp3) is 0.545. The van der Waals surface area contributed by atoms with E-state index >= 15 is 0 Å². The highest BCUT2D eigenvalue weighted by Crippen LogP contribution is 2.30. The number of aromatic nitrogens is 2. The van der Waals surface area contributed by atoms with Crippen LogP contribution in [0, 0.1) is 17.2 Å². The molecule has 0 spiro atoms. The summed E-state index contributed by atoms with van der Waals surface area (Å²) in [5, 5.41) is 13.1. The second-order valence-corrected chi connectivity index (χ2v) is 10.7. The van der Waals surface area contributed by atoms with Gasteiger partial charge in [-0.3, -0.25) is 0 Å². The van der Waals surface area contributed by atoms with Crippen molar-refractivity contribution >= 4 is 15.7 Å². The third kappa shape index (κ3) is 5.09. The van der Waals surface area contributed by atoms with Gasteiger partial charge in [-0.1, -0.05) is 0 Å². The van der Waals surface area contributed by atoms with E-state index in [0.29, 0.717) is 24.6 Å². The van der Waals surface area contributed by atoms with Gasteiger partial charge in [-0.2, -0.15) is 5.26 Å². The average molecular weight is 443 g/mol. The third-order valence-electron chi connectivity index (χ3n) is 6.46. The lowest BCUT2D eigenvalue weighted by atomic mass is 9.94. The molecule has 3 heterocycles. The summed E-state index contributed by atoms with van der Waals surface area (Å²) in [5.74, 6) is 0.482. The quantitative estimate of drug-likeness (QED) is 0.728. The highest BCUT2D eigenvalue weighted by Gasteiger charge is 2.28. The first kappa shape index (κ1) is 21.8. The zero-order chi connectivity index (χ0) is 22.0. The van der Waals surface area contributed by atoms with E-state index in [1.165, 1.54) is 17.5 Å². The van der Waals surface area contributed by atoms with Crippen molar-refractivity contribution in [3.8, 4) is 6.07 Å². The highest BCUT2D eigenvalue weighted by molar-refractivity contribution is 7.88. The Hall–Kier alpha value is -2.41. The number of hydrogen-bond donors (Lipinski definition) is 1. The van der Waals surface area contributed by atoms with Gasteiger partial charge in [-0.25, -0.2) is 17.7 Å². The van der Waals surface area contributed by atoms with Crippen molar-refractivity contribution < 1.29 is 8.42 Å². The molecule has 0 amide bonds. The van der Waals surface area contributed by atoms with E-state index in [2.05, 4.69) is 27.3 Å². The van der Waals surface area contributed by atoms with E-state index in [9.17, 15) is 13.7 Å². The van der Waals surface area contributed by atoms with Gasteiger partial charge >= 0.3 is 0 Å². The minimum absolute atomic E-state index is 0.280. The molecule has 4 rings (SSSR count). The summed E-state index contributed by atoms with van der Waals surface area (Å²) in [6.07, 6.45) is 7.67. The van der Waals surface area contributed by atoms with E-state index in [4.69, 9.17) is 0 Å². The average Bonchev–Trinajstić information content (AvgIpc) is 3.15. The molecule has 1 N–H and O–H groups in total. The monoisotopic (exact) mass is 442 g/mol. The van der Waals surface area contributed by atoms with Crippen molar-refractivity contribution in [3.63, 3.8) is 0 Å². The maximum atomic E-state index is 11.7. The van der Waals surface area contributed by atoms with E-state index in [0.717, 1.165) is 44.6 Å². The van der Waals surface area contributed by atoms with Crippen molar-refractivity contribution in [3.05, 3.63) is 47.5 Å². The molecule has 0 saturated carbocycles. The Bertz CT molecular complexity index is 1070. The molecule has 1 saturated heterocycles. The molecule has 0 radical (unpaired) electrons. The SMILES string of the molecule is Cn1cncc1CN1CC(NCC2CCN(S(C)(=O)=O)CC2)Cc2cc(C#N)ccc21. The number of anilines is 1. The van der Waals surface area contributed by atoms with Gasteiger partial charge in [0, 0.05) is 44.6 Å². The molecule has 2 aliphatic rings. The van der Waals surface area contributed by atoms with Crippen LogP contribution in [0.2, 0.25) is 0 Å². The van der Waals surface area contributed by atoms with Gasteiger partial charge in [-0.05, 0) is 55.5 Å². The molecule has 0 bridgehead atoms. The number of piperidine rings is 1. The molecule has 9 heteroatoms. The van der Waals surface area contributed by atoms with Gasteiger partial charge in [0.25, 0.3) is 0 Å². The van der Waals surface area contributed by atoms with Gasteiger partial charge in [0.1, 0.15) is 0 Å². The Morgan fingerprint density at radius 1 is 1.29 bits per heavy atom. The van der Waals surface area contributed by atoms with Crippen LogP contribution >= 0.6 is 0 Å². The summed E-state index contributed by atoms with van der Waals surface area (Å²) in [6, 6.07) is 8.48. The Morgan fingerprint density at radius 2 is 2.06 bits per heavy atom. The molecule has 31 heavy (non-hydrogen) atoms. The molecule has 1 atom stereocenters. The summed E-state index contributed by atoms with van der Waals surface area (Å²) in [5.41, 5.74) is 4.20. The molecule has 2 aliphatic heterocycles. The minimum atomic E-state index is -3.09. The maximum Gasteiger partial charge on any atom is 0.211 e. The number of hydrogen-bond acceptors (Lipinski definition) is 6. The van der Waals surface area contributed by atoms with Gasteiger partial charge in [-0.15, -0.1) is 0 Å². The van der Waals surface area contributed by atoms with Crippen LogP contribution in [0.3, 0.4) is 0 Å². The Balaban J connectivity index is 1.43. The predicted octanol–water partition coefficient (Wildman–Crippen LogP) is 1.48. The molecule has 1 fully saturated rings. The lowest BCUT2D eigenvalue weighted by Gasteiger charge is -2.38. The number of rotatable bonds is 6. The lowest BCUT2D eigenvalue weighted by Crippen LogP contribution is -2.48. The van der Waals surface area contributed by atoms with Crippen LogP contribution in [-0.2, 0) is 30.0 Å². The number of fused-ring (bicyclic) bond motifs is 1.